The molecule has 0 amide bonds. The van der Waals surface area contributed by atoms with E-state index in [1.54, 1.807) is 0 Å². The molecule has 0 saturated carbocycles. The number of nitrogens with zero attached hydrogens (tertiary/aromatic N) is 2. The molecule has 1 aromatic carbocycles. The Morgan fingerprint density at radius 3 is 2.55 bits per heavy atom. The molecular formula is C12H8BrF3N2O2. The summed E-state index contributed by atoms with van der Waals surface area (Å²) in [5.41, 5.74) is -1.11. The first kappa shape index (κ1) is 14.6. The molecule has 0 aliphatic carbocycles. The first-order valence-corrected chi connectivity index (χ1v) is 6.16. The van der Waals surface area contributed by atoms with Crippen molar-refractivity contribution in [1.29, 1.82) is 0 Å². The molecule has 0 bridgehead atoms. The Hall–Kier alpha value is -1.83. The van der Waals surface area contributed by atoms with E-state index in [1.807, 2.05) is 0 Å². The lowest BCUT2D eigenvalue weighted by atomic mass is 10.1. The topological polar surface area (TPSA) is 55.1 Å². The van der Waals surface area contributed by atoms with Gasteiger partial charge in [-0.3, -0.25) is 0 Å². The van der Waals surface area contributed by atoms with Crippen molar-refractivity contribution in [2.45, 2.75) is 13.1 Å². The summed E-state index contributed by atoms with van der Waals surface area (Å²) in [5, 5.41) is 12.7. The van der Waals surface area contributed by atoms with Gasteiger partial charge in [-0.1, -0.05) is 15.9 Å². The first-order chi connectivity index (χ1) is 9.20. The Morgan fingerprint density at radius 2 is 2.05 bits per heavy atom. The monoisotopic (exact) mass is 348 g/mol. The second-order valence-electron chi connectivity index (χ2n) is 4.04. The van der Waals surface area contributed by atoms with Gasteiger partial charge in [0.1, 0.15) is 5.56 Å². The van der Waals surface area contributed by atoms with Gasteiger partial charge < -0.3 is 5.11 Å². The van der Waals surface area contributed by atoms with Crippen LogP contribution in [0.15, 0.2) is 28.9 Å². The van der Waals surface area contributed by atoms with Crippen molar-refractivity contribution >= 4 is 21.9 Å². The van der Waals surface area contributed by atoms with Gasteiger partial charge in [0.25, 0.3) is 0 Å². The maximum Gasteiger partial charge on any atom is 0.418 e. The van der Waals surface area contributed by atoms with Crippen molar-refractivity contribution in [3.05, 3.63) is 45.7 Å². The molecule has 0 radical (unpaired) electrons. The highest BCUT2D eigenvalue weighted by molar-refractivity contribution is 9.10. The molecule has 0 unspecified atom stereocenters. The molecule has 0 aliphatic rings. The summed E-state index contributed by atoms with van der Waals surface area (Å²) in [5.74, 6) is -1.24. The number of hydrogen-bond acceptors (Lipinski definition) is 2. The molecule has 20 heavy (non-hydrogen) atoms. The van der Waals surface area contributed by atoms with Gasteiger partial charge >= 0.3 is 12.1 Å². The van der Waals surface area contributed by atoms with Crippen LogP contribution in [0.5, 0.6) is 0 Å². The molecule has 0 fully saturated rings. The van der Waals surface area contributed by atoms with E-state index in [-0.39, 0.29) is 21.4 Å². The molecule has 0 saturated heterocycles. The minimum absolute atomic E-state index is 0.138. The summed E-state index contributed by atoms with van der Waals surface area (Å²) < 4.78 is 40.2. The van der Waals surface area contributed by atoms with Crippen molar-refractivity contribution in [1.82, 2.24) is 9.78 Å². The minimum Gasteiger partial charge on any atom is -0.478 e. The number of alkyl halides is 3. The van der Waals surface area contributed by atoms with Gasteiger partial charge in [0.05, 0.1) is 16.9 Å². The second-order valence-corrected chi connectivity index (χ2v) is 4.95. The van der Waals surface area contributed by atoms with E-state index in [0.717, 1.165) is 16.9 Å². The van der Waals surface area contributed by atoms with Gasteiger partial charge in [-0.2, -0.15) is 18.3 Å². The van der Waals surface area contributed by atoms with Crippen LogP contribution >= 0.6 is 15.9 Å². The highest BCUT2D eigenvalue weighted by Gasteiger charge is 2.34. The molecule has 1 heterocycles. The molecule has 1 N–H and O–H groups in total. The lowest BCUT2D eigenvalue weighted by Crippen LogP contribution is -2.11. The number of halogens is 4. The zero-order chi connectivity index (χ0) is 15.1. The molecule has 8 heteroatoms. The Morgan fingerprint density at radius 1 is 1.40 bits per heavy atom. The molecular weight excluding hydrogens is 341 g/mol. The number of rotatable bonds is 2. The molecule has 0 aliphatic heterocycles. The van der Waals surface area contributed by atoms with Gasteiger partial charge in [-0.25, -0.2) is 9.48 Å². The van der Waals surface area contributed by atoms with Crippen molar-refractivity contribution in [2.24, 2.45) is 0 Å². The summed E-state index contributed by atoms with van der Waals surface area (Å²) >= 11 is 2.98. The van der Waals surface area contributed by atoms with Crippen molar-refractivity contribution in [3.8, 4) is 5.69 Å². The lowest BCUT2D eigenvalue weighted by Gasteiger charge is -2.13. The summed E-state index contributed by atoms with van der Waals surface area (Å²) in [6.07, 6.45) is -3.50. The SMILES string of the molecule is Cc1nn(-c2ccc(Br)cc2C(F)(F)F)cc1C(=O)O. The molecule has 0 spiro atoms. The van der Waals surface area contributed by atoms with Crippen LogP contribution < -0.4 is 0 Å². The van der Waals surface area contributed by atoms with Crippen molar-refractivity contribution in [2.75, 3.05) is 0 Å². The fourth-order valence-electron chi connectivity index (χ4n) is 1.73. The van der Waals surface area contributed by atoms with Crippen LogP contribution in [0, 0.1) is 6.92 Å². The largest absolute Gasteiger partial charge is 0.478 e. The number of benzene rings is 1. The quantitative estimate of drug-likeness (QED) is 0.900. The highest BCUT2D eigenvalue weighted by atomic mass is 79.9. The summed E-state index contributed by atoms with van der Waals surface area (Å²) in [4.78, 5) is 10.9. The number of aromatic carboxylic acids is 1. The van der Waals surface area contributed by atoms with Gasteiger partial charge in [-0.15, -0.1) is 0 Å². The van der Waals surface area contributed by atoms with Crippen LogP contribution in [0.1, 0.15) is 21.6 Å². The number of carbonyl (C=O) groups is 1. The van der Waals surface area contributed by atoms with Crippen molar-refractivity contribution < 1.29 is 23.1 Å². The molecule has 4 nitrogen and oxygen atoms in total. The molecule has 2 aromatic rings. The molecule has 0 atom stereocenters. The third-order valence-electron chi connectivity index (χ3n) is 2.64. The standard InChI is InChI=1S/C12H8BrF3N2O2/c1-6-8(11(19)20)5-18(17-6)10-3-2-7(13)4-9(10)12(14,15)16/h2-5H,1H3,(H,19,20). The van der Waals surface area contributed by atoms with E-state index >= 15 is 0 Å². The Kier molecular flexibility index (Phi) is 3.59. The van der Waals surface area contributed by atoms with Crippen molar-refractivity contribution in [3.63, 3.8) is 0 Å². The predicted molar refractivity (Wildman–Crippen MR) is 68.0 cm³/mol. The Balaban J connectivity index is 2.64. The van der Waals surface area contributed by atoms with E-state index in [9.17, 15) is 18.0 Å². The number of aromatic nitrogens is 2. The van der Waals surface area contributed by atoms with E-state index in [4.69, 9.17) is 5.11 Å². The van der Waals surface area contributed by atoms with E-state index < -0.39 is 17.7 Å². The van der Waals surface area contributed by atoms with Crippen LogP contribution in [0.25, 0.3) is 5.69 Å². The fourth-order valence-corrected chi connectivity index (χ4v) is 2.09. The summed E-state index contributed by atoms with van der Waals surface area (Å²) in [6.45, 7) is 1.42. The number of hydrogen-bond donors (Lipinski definition) is 1. The van der Waals surface area contributed by atoms with Crippen LogP contribution in [0.3, 0.4) is 0 Å². The number of aryl methyl sites for hydroxylation is 1. The van der Waals surface area contributed by atoms with Gasteiger partial charge in [0.15, 0.2) is 0 Å². The zero-order valence-electron chi connectivity index (χ0n) is 10.1. The molecule has 106 valence electrons. The highest BCUT2D eigenvalue weighted by Crippen LogP contribution is 2.35. The molecule has 1 aromatic heterocycles. The average Bonchev–Trinajstić information content (AvgIpc) is 2.70. The third-order valence-corrected chi connectivity index (χ3v) is 3.13. The van der Waals surface area contributed by atoms with Gasteiger partial charge in [-0.05, 0) is 25.1 Å². The van der Waals surface area contributed by atoms with E-state index in [0.29, 0.717) is 0 Å². The Labute approximate surface area is 120 Å². The third kappa shape index (κ3) is 2.69. The fraction of sp³-hybridized carbons (Fsp3) is 0.167. The maximum absolute atomic E-state index is 13.0. The van der Waals surface area contributed by atoms with Gasteiger partial charge in [0, 0.05) is 10.7 Å². The first-order valence-electron chi connectivity index (χ1n) is 5.37. The van der Waals surface area contributed by atoms with Crippen LogP contribution in [0.4, 0.5) is 13.2 Å². The predicted octanol–water partition coefficient (Wildman–Crippen LogP) is 3.66. The number of carboxylic acid groups (broad SMARTS) is 1. The second kappa shape index (κ2) is 4.93. The van der Waals surface area contributed by atoms with Crippen LogP contribution in [-0.4, -0.2) is 20.9 Å². The minimum atomic E-state index is -4.57. The van der Waals surface area contributed by atoms with Crippen LogP contribution in [0.2, 0.25) is 0 Å². The lowest BCUT2D eigenvalue weighted by molar-refractivity contribution is -0.137. The maximum atomic E-state index is 13.0. The van der Waals surface area contributed by atoms with E-state index in [1.165, 1.54) is 19.1 Å². The Bertz CT molecular complexity index is 680. The summed E-state index contributed by atoms with van der Waals surface area (Å²) in [7, 11) is 0. The summed E-state index contributed by atoms with van der Waals surface area (Å²) in [6, 6.07) is 3.58. The number of carboxylic acids is 1. The average molecular weight is 349 g/mol. The van der Waals surface area contributed by atoms with Crippen LogP contribution in [-0.2, 0) is 6.18 Å². The zero-order valence-corrected chi connectivity index (χ0v) is 11.7. The smallest absolute Gasteiger partial charge is 0.418 e. The van der Waals surface area contributed by atoms with E-state index in [2.05, 4.69) is 21.0 Å². The molecule has 2 rings (SSSR count). The normalized spacial score (nSPS) is 11.7. The van der Waals surface area contributed by atoms with Gasteiger partial charge in [0.2, 0.25) is 0 Å².